The van der Waals surface area contributed by atoms with Gasteiger partial charge in [-0.2, -0.15) is 0 Å². The number of amides is 2. The van der Waals surface area contributed by atoms with Crippen molar-refractivity contribution >= 4 is 57.6 Å². The molecule has 2 rings (SSSR count). The molecule has 0 unspecified atom stereocenters. The van der Waals surface area contributed by atoms with Gasteiger partial charge in [0.05, 0.1) is 15.0 Å². The largest absolute Gasteiger partial charge is 0.349 e. The van der Waals surface area contributed by atoms with Crippen LogP contribution in [-0.2, 0) is 9.59 Å². The summed E-state index contributed by atoms with van der Waals surface area (Å²) in [4.78, 5) is 28.1. The molecule has 0 spiro atoms. The number of thioether (sulfide) groups is 1. The number of hydrogen-bond acceptors (Lipinski definition) is 4. The Morgan fingerprint density at radius 1 is 1.43 bits per heavy atom. The first kappa shape index (κ1) is 17.6. The lowest BCUT2D eigenvalue weighted by Crippen LogP contribution is -2.24. The van der Waals surface area contributed by atoms with Crippen molar-refractivity contribution in [3.63, 3.8) is 0 Å². The van der Waals surface area contributed by atoms with E-state index in [-0.39, 0.29) is 10.8 Å². The van der Waals surface area contributed by atoms with Crippen molar-refractivity contribution in [3.05, 3.63) is 51.4 Å². The zero-order valence-electron chi connectivity index (χ0n) is 12.2. The summed E-state index contributed by atoms with van der Waals surface area (Å²) in [6.07, 6.45) is 1.22. The summed E-state index contributed by atoms with van der Waals surface area (Å²) in [5.74, 6) is -0.773. The number of para-hydroxylation sites is 1. The summed E-state index contributed by atoms with van der Waals surface area (Å²) in [5.41, 5.74) is 1.18. The number of halogens is 2. The Bertz CT molecular complexity index is 724. The number of carbonyl (C=O) groups is 2. The summed E-state index contributed by atoms with van der Waals surface area (Å²) in [6.45, 7) is 5.83. The van der Waals surface area contributed by atoms with Gasteiger partial charge in [-0.25, -0.2) is 4.99 Å². The lowest BCUT2D eigenvalue weighted by Gasteiger charge is -2.01. The smallest absolute Gasteiger partial charge is 0.264 e. The van der Waals surface area contributed by atoms with Gasteiger partial charge >= 0.3 is 0 Å². The molecule has 0 aliphatic carbocycles. The SMILES string of the molecule is C=C(C)CNC(=O)C=C1SC(=Nc2c(Cl)cccc2Cl)NC1=O. The topological polar surface area (TPSA) is 70.6 Å². The Kier molecular flexibility index (Phi) is 5.87. The summed E-state index contributed by atoms with van der Waals surface area (Å²) in [6, 6.07) is 5.00. The second kappa shape index (κ2) is 7.68. The van der Waals surface area contributed by atoms with Crippen molar-refractivity contribution in [3.8, 4) is 0 Å². The molecular formula is C15H13Cl2N3O2S. The summed E-state index contributed by atoms with van der Waals surface area (Å²) in [5, 5.41) is 6.24. The van der Waals surface area contributed by atoms with E-state index in [1.807, 2.05) is 0 Å². The van der Waals surface area contributed by atoms with E-state index in [4.69, 9.17) is 23.2 Å². The van der Waals surface area contributed by atoms with Crippen molar-refractivity contribution in [2.75, 3.05) is 6.54 Å². The van der Waals surface area contributed by atoms with E-state index in [1.165, 1.54) is 6.08 Å². The van der Waals surface area contributed by atoms with Crippen LogP contribution in [0.25, 0.3) is 0 Å². The fraction of sp³-hybridized carbons (Fsp3) is 0.133. The summed E-state index contributed by atoms with van der Waals surface area (Å²) < 4.78 is 0. The number of rotatable bonds is 4. The molecule has 1 aromatic carbocycles. The Labute approximate surface area is 147 Å². The van der Waals surface area contributed by atoms with Gasteiger partial charge in [0.25, 0.3) is 5.91 Å². The number of carbonyl (C=O) groups excluding carboxylic acids is 2. The molecule has 0 bridgehead atoms. The summed E-state index contributed by atoms with van der Waals surface area (Å²) in [7, 11) is 0. The van der Waals surface area contributed by atoms with Crippen LogP contribution in [-0.4, -0.2) is 23.5 Å². The van der Waals surface area contributed by atoms with Gasteiger partial charge < -0.3 is 10.6 Å². The molecule has 1 saturated heterocycles. The molecule has 2 N–H and O–H groups in total. The quantitative estimate of drug-likeness (QED) is 0.630. The zero-order chi connectivity index (χ0) is 17.0. The van der Waals surface area contributed by atoms with Gasteiger partial charge in [0.2, 0.25) is 5.91 Å². The van der Waals surface area contributed by atoms with Crippen molar-refractivity contribution in [2.24, 2.45) is 4.99 Å². The first-order chi connectivity index (χ1) is 10.9. The average molecular weight is 370 g/mol. The first-order valence-electron chi connectivity index (χ1n) is 6.52. The molecule has 0 aromatic heterocycles. The van der Waals surface area contributed by atoms with Crippen LogP contribution in [0.1, 0.15) is 6.92 Å². The molecule has 0 radical (unpaired) electrons. The standard InChI is InChI=1S/C15H13Cl2N3O2S/c1-8(2)7-18-12(21)6-11-14(22)20-15(23-11)19-13-9(16)4-3-5-10(13)17/h3-6H,1,7H2,2H3,(H,18,21)(H,19,20,22). The lowest BCUT2D eigenvalue weighted by molar-refractivity contribution is -0.118. The molecule has 23 heavy (non-hydrogen) atoms. The van der Waals surface area contributed by atoms with E-state index >= 15 is 0 Å². The van der Waals surface area contributed by atoms with E-state index in [0.29, 0.717) is 27.4 Å². The van der Waals surface area contributed by atoms with Crippen LogP contribution in [0.4, 0.5) is 5.69 Å². The number of hydrogen-bond donors (Lipinski definition) is 2. The van der Waals surface area contributed by atoms with Crippen LogP contribution in [0.3, 0.4) is 0 Å². The third-order valence-corrected chi connectivity index (χ3v) is 4.15. The van der Waals surface area contributed by atoms with Gasteiger partial charge in [-0.15, -0.1) is 0 Å². The predicted octanol–water partition coefficient (Wildman–Crippen LogP) is 3.42. The second-order valence-electron chi connectivity index (χ2n) is 4.73. The zero-order valence-corrected chi connectivity index (χ0v) is 14.5. The highest BCUT2D eigenvalue weighted by molar-refractivity contribution is 8.18. The van der Waals surface area contributed by atoms with Crippen LogP contribution in [0.15, 0.2) is 46.3 Å². The van der Waals surface area contributed by atoms with Crippen molar-refractivity contribution < 1.29 is 9.59 Å². The minimum absolute atomic E-state index is 0.242. The number of nitrogens with zero attached hydrogens (tertiary/aromatic N) is 1. The number of benzene rings is 1. The van der Waals surface area contributed by atoms with Crippen molar-refractivity contribution in [2.45, 2.75) is 6.92 Å². The molecule has 1 heterocycles. The molecule has 1 aliphatic heterocycles. The molecule has 1 aromatic rings. The highest BCUT2D eigenvalue weighted by Gasteiger charge is 2.25. The second-order valence-corrected chi connectivity index (χ2v) is 6.57. The molecule has 1 fully saturated rings. The van der Waals surface area contributed by atoms with E-state index in [2.05, 4.69) is 22.2 Å². The first-order valence-corrected chi connectivity index (χ1v) is 8.10. The maximum atomic E-state index is 11.9. The highest BCUT2D eigenvalue weighted by atomic mass is 35.5. The third-order valence-electron chi connectivity index (χ3n) is 2.63. The summed E-state index contributed by atoms with van der Waals surface area (Å²) >= 11 is 13.1. The van der Waals surface area contributed by atoms with Crippen LogP contribution in [0.5, 0.6) is 0 Å². The van der Waals surface area contributed by atoms with E-state index < -0.39 is 5.91 Å². The number of aliphatic imine (C=N–C) groups is 1. The normalized spacial score (nSPS) is 17.4. The highest BCUT2D eigenvalue weighted by Crippen LogP contribution is 2.35. The van der Waals surface area contributed by atoms with Crippen LogP contribution in [0.2, 0.25) is 10.0 Å². The van der Waals surface area contributed by atoms with Crippen LogP contribution >= 0.6 is 35.0 Å². The van der Waals surface area contributed by atoms with Gasteiger partial charge in [0, 0.05) is 12.6 Å². The predicted molar refractivity (Wildman–Crippen MR) is 95.2 cm³/mol. The Morgan fingerprint density at radius 2 is 2.09 bits per heavy atom. The number of nitrogens with one attached hydrogen (secondary N) is 2. The average Bonchev–Trinajstić information content (AvgIpc) is 2.81. The fourth-order valence-corrected chi connectivity index (χ4v) is 2.87. The number of amidine groups is 1. The Balaban J connectivity index is 2.15. The van der Waals surface area contributed by atoms with E-state index in [1.54, 1.807) is 25.1 Å². The maximum Gasteiger partial charge on any atom is 0.264 e. The van der Waals surface area contributed by atoms with E-state index in [0.717, 1.165) is 17.3 Å². The molecule has 0 atom stereocenters. The molecule has 8 heteroatoms. The molecular weight excluding hydrogens is 357 g/mol. The third kappa shape index (κ3) is 4.86. The van der Waals surface area contributed by atoms with Gasteiger partial charge in [0.1, 0.15) is 5.69 Å². The molecule has 2 amide bonds. The maximum absolute atomic E-state index is 11.9. The van der Waals surface area contributed by atoms with Crippen LogP contribution < -0.4 is 10.6 Å². The van der Waals surface area contributed by atoms with Crippen molar-refractivity contribution in [1.29, 1.82) is 0 Å². The monoisotopic (exact) mass is 369 g/mol. The lowest BCUT2D eigenvalue weighted by atomic mass is 10.3. The minimum Gasteiger partial charge on any atom is -0.349 e. The molecule has 0 saturated carbocycles. The Hall–Kier alpha value is -1.76. The van der Waals surface area contributed by atoms with Crippen LogP contribution in [0, 0.1) is 0 Å². The van der Waals surface area contributed by atoms with Gasteiger partial charge in [0.15, 0.2) is 5.17 Å². The Morgan fingerprint density at radius 3 is 2.70 bits per heavy atom. The van der Waals surface area contributed by atoms with Crippen molar-refractivity contribution in [1.82, 2.24) is 10.6 Å². The van der Waals surface area contributed by atoms with Gasteiger partial charge in [-0.05, 0) is 30.8 Å². The van der Waals surface area contributed by atoms with Gasteiger partial charge in [-0.3, -0.25) is 9.59 Å². The minimum atomic E-state index is -0.401. The fourth-order valence-electron chi connectivity index (χ4n) is 1.59. The van der Waals surface area contributed by atoms with Gasteiger partial charge in [-0.1, -0.05) is 41.4 Å². The molecule has 1 aliphatic rings. The molecule has 120 valence electrons. The molecule has 5 nitrogen and oxygen atoms in total. The van der Waals surface area contributed by atoms with E-state index in [9.17, 15) is 9.59 Å².